The van der Waals surface area contributed by atoms with Crippen molar-refractivity contribution in [2.24, 2.45) is 0 Å². The lowest BCUT2D eigenvalue weighted by Crippen LogP contribution is -2.42. The fourth-order valence-corrected chi connectivity index (χ4v) is 3.30. The zero-order valence-corrected chi connectivity index (χ0v) is 15.6. The second kappa shape index (κ2) is 7.85. The van der Waals surface area contributed by atoms with Crippen LogP contribution in [-0.4, -0.2) is 35.0 Å². The van der Waals surface area contributed by atoms with Crippen LogP contribution in [0, 0.1) is 11.3 Å². The van der Waals surface area contributed by atoms with E-state index in [2.05, 4.69) is 27.0 Å². The highest BCUT2D eigenvalue weighted by Gasteiger charge is 2.26. The number of carbonyl (C=O) groups excluding carboxylic acids is 1. The van der Waals surface area contributed by atoms with E-state index >= 15 is 0 Å². The van der Waals surface area contributed by atoms with Gasteiger partial charge in [-0.3, -0.25) is 4.79 Å². The van der Waals surface area contributed by atoms with Crippen LogP contribution < -0.4 is 4.74 Å². The average molecular weight is 421 g/mol. The lowest BCUT2D eigenvalue weighted by Gasteiger charge is -2.32. The van der Waals surface area contributed by atoms with Crippen LogP contribution in [0.25, 0.3) is 0 Å². The molecule has 25 heavy (non-hydrogen) atoms. The summed E-state index contributed by atoms with van der Waals surface area (Å²) in [7, 11) is 0. The van der Waals surface area contributed by atoms with Crippen molar-refractivity contribution in [2.75, 3.05) is 13.1 Å². The number of nitrogens with zero attached hydrogens (tertiary/aromatic N) is 3. The third kappa shape index (κ3) is 4.12. The van der Waals surface area contributed by atoms with Crippen molar-refractivity contribution >= 4 is 33.4 Å². The van der Waals surface area contributed by atoms with Gasteiger partial charge in [0.25, 0.3) is 5.91 Å². The van der Waals surface area contributed by atoms with E-state index in [9.17, 15) is 4.79 Å². The van der Waals surface area contributed by atoms with Crippen LogP contribution in [0.5, 0.6) is 5.88 Å². The maximum Gasteiger partial charge on any atom is 0.255 e. The zero-order chi connectivity index (χ0) is 17.8. The number of benzene rings is 1. The molecule has 3 rings (SSSR count). The van der Waals surface area contributed by atoms with E-state index in [1.807, 2.05) is 0 Å². The molecule has 0 N–H and O–H groups in total. The Morgan fingerprint density at radius 1 is 1.36 bits per heavy atom. The molecule has 7 heteroatoms. The molecule has 0 saturated carbocycles. The van der Waals surface area contributed by atoms with Crippen LogP contribution in [0.1, 0.15) is 28.8 Å². The van der Waals surface area contributed by atoms with Gasteiger partial charge in [-0.15, -0.1) is 0 Å². The number of carbonyl (C=O) groups is 1. The summed E-state index contributed by atoms with van der Waals surface area (Å²) in [5, 5.41) is 9.54. The molecule has 0 bridgehead atoms. The molecule has 1 aliphatic rings. The van der Waals surface area contributed by atoms with Gasteiger partial charge in [0.15, 0.2) is 0 Å². The highest BCUT2D eigenvalue weighted by Crippen LogP contribution is 2.25. The molecule has 1 fully saturated rings. The lowest BCUT2D eigenvalue weighted by molar-refractivity contribution is 0.0587. The second-order valence-corrected chi connectivity index (χ2v) is 7.02. The molecule has 1 amide bonds. The van der Waals surface area contributed by atoms with Gasteiger partial charge in [-0.2, -0.15) is 5.26 Å². The number of pyridine rings is 1. The molecule has 1 aliphatic heterocycles. The Balaban J connectivity index is 1.63. The van der Waals surface area contributed by atoms with Gasteiger partial charge in [0.2, 0.25) is 5.88 Å². The van der Waals surface area contributed by atoms with Crippen molar-refractivity contribution in [2.45, 2.75) is 18.9 Å². The first-order valence-corrected chi connectivity index (χ1v) is 9.01. The predicted molar refractivity (Wildman–Crippen MR) is 97.7 cm³/mol. The first-order valence-electron chi connectivity index (χ1n) is 7.84. The SMILES string of the molecule is N#Cc1cccnc1OC1CCN(C(=O)c2cc(Br)ccc2Cl)CC1. The van der Waals surface area contributed by atoms with E-state index in [0.29, 0.717) is 48.0 Å². The Hall–Kier alpha value is -2.10. The Labute approximate surface area is 159 Å². The van der Waals surface area contributed by atoms with Gasteiger partial charge in [-0.05, 0) is 30.3 Å². The third-order valence-electron chi connectivity index (χ3n) is 4.06. The second-order valence-electron chi connectivity index (χ2n) is 5.70. The minimum atomic E-state index is -0.0831. The van der Waals surface area contributed by atoms with E-state index in [4.69, 9.17) is 21.6 Å². The molecule has 1 aromatic heterocycles. The number of aromatic nitrogens is 1. The van der Waals surface area contributed by atoms with E-state index in [1.165, 1.54) is 0 Å². The monoisotopic (exact) mass is 419 g/mol. The van der Waals surface area contributed by atoms with Gasteiger partial charge < -0.3 is 9.64 Å². The van der Waals surface area contributed by atoms with Gasteiger partial charge >= 0.3 is 0 Å². The Bertz CT molecular complexity index is 829. The van der Waals surface area contributed by atoms with Crippen molar-refractivity contribution in [1.29, 1.82) is 5.26 Å². The largest absolute Gasteiger partial charge is 0.473 e. The summed E-state index contributed by atoms with van der Waals surface area (Å²) in [5.41, 5.74) is 0.911. The number of likely N-dealkylation sites (tertiary alicyclic amines) is 1. The number of piperidine rings is 1. The maximum absolute atomic E-state index is 12.7. The molecule has 2 aromatic rings. The van der Waals surface area contributed by atoms with E-state index in [0.717, 1.165) is 4.47 Å². The van der Waals surface area contributed by atoms with Crippen LogP contribution in [0.3, 0.4) is 0 Å². The quantitative estimate of drug-likeness (QED) is 0.751. The minimum absolute atomic E-state index is 0.0657. The number of rotatable bonds is 3. The third-order valence-corrected chi connectivity index (χ3v) is 4.88. The van der Waals surface area contributed by atoms with Crippen molar-refractivity contribution in [1.82, 2.24) is 9.88 Å². The normalized spacial score (nSPS) is 14.8. The van der Waals surface area contributed by atoms with Crippen molar-refractivity contribution in [3.05, 3.63) is 57.2 Å². The molecule has 0 aliphatic carbocycles. The van der Waals surface area contributed by atoms with Gasteiger partial charge in [0, 0.05) is 36.6 Å². The molecular formula is C18H15BrClN3O2. The van der Waals surface area contributed by atoms with Crippen molar-refractivity contribution in [3.63, 3.8) is 0 Å². The molecule has 2 heterocycles. The summed E-state index contributed by atoms with van der Waals surface area (Å²) < 4.78 is 6.67. The molecule has 128 valence electrons. The molecule has 1 saturated heterocycles. The number of nitriles is 1. The van der Waals surface area contributed by atoms with Crippen LogP contribution in [0.15, 0.2) is 41.0 Å². The number of hydrogen-bond donors (Lipinski definition) is 0. The molecule has 0 spiro atoms. The van der Waals surface area contributed by atoms with E-state index in [1.54, 1.807) is 41.4 Å². The molecule has 5 nitrogen and oxygen atoms in total. The first kappa shape index (κ1) is 17.7. The smallest absolute Gasteiger partial charge is 0.255 e. The summed E-state index contributed by atoms with van der Waals surface area (Å²) in [6.07, 6.45) is 2.89. The summed E-state index contributed by atoms with van der Waals surface area (Å²) in [4.78, 5) is 18.6. The topological polar surface area (TPSA) is 66.2 Å². The summed E-state index contributed by atoms with van der Waals surface area (Å²) in [6.45, 7) is 1.14. The van der Waals surface area contributed by atoms with Crippen LogP contribution in [0.2, 0.25) is 5.02 Å². The van der Waals surface area contributed by atoms with E-state index < -0.39 is 0 Å². The summed E-state index contributed by atoms with van der Waals surface area (Å²) in [5.74, 6) is 0.269. The first-order chi connectivity index (χ1) is 12.1. The van der Waals surface area contributed by atoms with Crippen LogP contribution in [0.4, 0.5) is 0 Å². The Morgan fingerprint density at radius 3 is 2.84 bits per heavy atom. The van der Waals surface area contributed by atoms with Gasteiger partial charge in [-0.1, -0.05) is 27.5 Å². The Morgan fingerprint density at radius 2 is 2.12 bits per heavy atom. The molecule has 1 aromatic carbocycles. The fourth-order valence-electron chi connectivity index (χ4n) is 2.74. The van der Waals surface area contributed by atoms with Crippen molar-refractivity contribution < 1.29 is 9.53 Å². The highest BCUT2D eigenvalue weighted by molar-refractivity contribution is 9.10. The number of halogens is 2. The fraction of sp³-hybridized carbons (Fsp3) is 0.278. The average Bonchev–Trinajstić information content (AvgIpc) is 2.64. The van der Waals surface area contributed by atoms with Gasteiger partial charge in [0.05, 0.1) is 10.6 Å². The number of amides is 1. The molecular weight excluding hydrogens is 406 g/mol. The minimum Gasteiger partial charge on any atom is -0.473 e. The van der Waals surface area contributed by atoms with Crippen LogP contribution in [-0.2, 0) is 0 Å². The zero-order valence-electron chi connectivity index (χ0n) is 13.3. The molecule has 0 unspecified atom stereocenters. The predicted octanol–water partition coefficient (Wildman–Crippen LogP) is 4.05. The highest BCUT2D eigenvalue weighted by atomic mass is 79.9. The van der Waals surface area contributed by atoms with E-state index in [-0.39, 0.29) is 12.0 Å². The summed E-state index contributed by atoms with van der Waals surface area (Å²) >= 11 is 9.51. The molecule has 0 radical (unpaired) electrons. The van der Waals surface area contributed by atoms with Crippen molar-refractivity contribution in [3.8, 4) is 11.9 Å². The van der Waals surface area contributed by atoms with Crippen LogP contribution >= 0.6 is 27.5 Å². The standard InChI is InChI=1S/C18H15BrClN3O2/c19-13-3-4-16(20)15(10-13)18(24)23-8-5-14(6-9-23)25-17-12(11-21)2-1-7-22-17/h1-4,7,10,14H,5-6,8-9H2. The molecule has 0 atom stereocenters. The summed E-state index contributed by atoms with van der Waals surface area (Å²) in [6, 6.07) is 10.7. The number of ether oxygens (including phenoxy) is 1. The maximum atomic E-state index is 12.7. The number of hydrogen-bond acceptors (Lipinski definition) is 4. The van der Waals surface area contributed by atoms with Gasteiger partial charge in [-0.25, -0.2) is 4.98 Å². The lowest BCUT2D eigenvalue weighted by atomic mass is 10.1. The Kier molecular flexibility index (Phi) is 5.57. The van der Waals surface area contributed by atoms with Gasteiger partial charge in [0.1, 0.15) is 17.7 Å².